The van der Waals surface area contributed by atoms with E-state index in [2.05, 4.69) is 65.0 Å². The smallest absolute Gasteiger partial charge is 0.354 e. The molecule has 0 N–H and O–H groups in total. The number of benzene rings is 1. The van der Waals surface area contributed by atoms with Crippen LogP contribution in [0.3, 0.4) is 0 Å². The third-order valence-electron chi connectivity index (χ3n) is 19.7. The van der Waals surface area contributed by atoms with Crippen molar-refractivity contribution in [1.82, 2.24) is 0 Å². The predicted octanol–water partition coefficient (Wildman–Crippen LogP) is -7.90. The minimum absolute atomic E-state index is 0.0181. The molecule has 532 valence electrons. The molecule has 0 bridgehead atoms. The second-order valence-electron chi connectivity index (χ2n) is 24.8. The van der Waals surface area contributed by atoms with Crippen LogP contribution in [-0.2, 0) is 148 Å². The second-order valence-corrected chi connectivity index (χ2v) is 24.8. The Morgan fingerprint density at radius 2 is 0.433 bits per heavy atom. The average Bonchev–Trinajstić information content (AvgIpc) is 1.55. The van der Waals surface area contributed by atoms with Gasteiger partial charge in [0.15, 0.2) is 22.6 Å². The first-order valence-corrected chi connectivity index (χ1v) is 30.1. The number of carbonyl (C=O) groups excluding carboxylic acids is 20. The molecule has 10 saturated heterocycles. The Hall–Kier alpha value is -13.4. The van der Waals surface area contributed by atoms with Crippen molar-refractivity contribution in [3.8, 4) is 0 Å². The first-order valence-electron chi connectivity index (χ1n) is 30.1. The zero-order valence-corrected chi connectivity index (χ0v) is 50.6. The lowest BCUT2D eigenvalue weighted by Gasteiger charge is -2.33. The van der Waals surface area contributed by atoms with Gasteiger partial charge in [0.2, 0.25) is 0 Å². The first kappa shape index (κ1) is 67.8. The summed E-state index contributed by atoms with van der Waals surface area (Å²) < 4.78 is 65.7. The van der Waals surface area contributed by atoms with Gasteiger partial charge in [-0.25, -0.2) is 57.5 Å². The van der Waals surface area contributed by atoms with E-state index in [9.17, 15) is 134 Å². The van der Waals surface area contributed by atoms with Crippen LogP contribution in [0.1, 0.15) is 32.1 Å². The number of fused-ring (bicyclic) bond motifs is 15. The maximum absolute atomic E-state index is 11.3. The van der Waals surface area contributed by atoms with Gasteiger partial charge in [-0.3, -0.25) is 76.7 Å². The minimum Gasteiger partial charge on any atom is -0.393 e. The van der Waals surface area contributed by atoms with Crippen LogP contribution in [-0.4, -0.2) is 132 Å². The summed E-state index contributed by atoms with van der Waals surface area (Å²) in [5.41, 5.74) is -7.33. The van der Waals surface area contributed by atoms with Crippen LogP contribution in [0.4, 0.5) is 0 Å². The molecule has 3 saturated carbocycles. The summed E-state index contributed by atoms with van der Waals surface area (Å²) in [6, 6.07) is 2.29. The van der Waals surface area contributed by atoms with Crippen molar-refractivity contribution in [2.24, 2.45) is 94.7 Å². The molecule has 0 amide bonds. The molecule has 104 heavy (non-hydrogen) atoms. The van der Waals surface area contributed by atoms with Gasteiger partial charge < -0.3 is 69.8 Å². The molecule has 20 rings (SSSR count). The third-order valence-corrected chi connectivity index (χ3v) is 19.7. The van der Waals surface area contributed by atoms with Gasteiger partial charge in [-0.2, -0.15) is 0 Å². The van der Waals surface area contributed by atoms with Crippen LogP contribution in [0.15, 0.2) is 79.3 Å². The van der Waals surface area contributed by atoms with Crippen LogP contribution in [0, 0.1) is 105 Å². The highest BCUT2D eigenvalue weighted by Gasteiger charge is 2.73. The fourth-order valence-corrected chi connectivity index (χ4v) is 14.8. The lowest BCUT2D eigenvalue weighted by atomic mass is 9.59. The molecule has 0 spiro atoms. The molecular formula is C61H30O43. The summed E-state index contributed by atoms with van der Waals surface area (Å²) >= 11 is 0. The standard InChI is InChI=1S/C10H8O6.C10H6O6.C10H2O6.C9H6O6.C8H4O7.C8H4O6.C6O6/c3*11-7-3-1-4-6(10(14)16-8(4)12)2-5(3)9(13)15-7;10-6-2-1-3-5(4(2)8(12)14-6)9(13)15-7(3)11;9-5-1-2-4(8(12)15-6(2)10)13-3(1)7(11)14-5;9-5-1-2(6(10)13-5)4-3(1)7(11)14-8(4)12;7-3-1-2(5(9)11-3)6(10)12-4(1)8/h3-6H,1-2H2;3,5H,1-2H2;1-2H;2-5H,1H2;1-4H;1-4H;. The van der Waals surface area contributed by atoms with Crippen molar-refractivity contribution in [2.75, 3.05) is 0 Å². The van der Waals surface area contributed by atoms with E-state index in [1.54, 1.807) is 0 Å². The largest absolute Gasteiger partial charge is 0.393 e. The number of esters is 20. The van der Waals surface area contributed by atoms with E-state index < -0.39 is 282 Å². The van der Waals surface area contributed by atoms with E-state index in [4.69, 9.17) is 4.74 Å². The lowest BCUT2D eigenvalue weighted by Crippen LogP contribution is -2.50. The monoisotopic (exact) mass is 1450 g/mol. The summed E-state index contributed by atoms with van der Waals surface area (Å²) in [6.45, 7) is 0. The van der Waals surface area contributed by atoms with Crippen molar-refractivity contribution >= 4 is 141 Å². The number of furan rings is 2. The van der Waals surface area contributed by atoms with Crippen molar-refractivity contribution in [2.45, 2.75) is 44.3 Å². The molecule has 14 unspecified atom stereocenters. The Kier molecular flexibility index (Phi) is 15.8. The number of hydrogen-bond acceptors (Lipinski definition) is 43. The molecule has 14 atom stereocenters. The van der Waals surface area contributed by atoms with E-state index in [1.165, 1.54) is 0 Å². The molecule has 43 heteroatoms. The SMILES string of the molecule is O=C1OC(=O)C2=C1CC1C(=O)OC(=O)C1C2.O=C1OC(=O)C2C1C1C(=O)OC(=O)C21.O=C1OC(=O)C2C1CC1C(=O)OC(=O)C12.O=C1OC(=O)C2C1OC1C(=O)OC(=O)C12.O=C1OC(=O)C2CC3C(=O)OC(=O)C3CC12.O=c1oc(=O)c2c(=O)oc(=O)c1=2.O=c1oc(=O)c2cc3c(=O)oc(=O)c3cc12. The van der Waals surface area contributed by atoms with Gasteiger partial charge >= 0.3 is 164 Å². The summed E-state index contributed by atoms with van der Waals surface area (Å²) in [4.78, 5) is 312. The summed E-state index contributed by atoms with van der Waals surface area (Å²) in [6.07, 6.45) is -1.59. The quantitative estimate of drug-likeness (QED) is 0.0789. The van der Waals surface area contributed by atoms with Crippen molar-refractivity contribution < 1.29 is 166 Å². The molecule has 17 aliphatic rings. The molecule has 2 aromatic heterocycles. The van der Waals surface area contributed by atoms with Gasteiger partial charge in [-0.15, -0.1) is 0 Å². The highest BCUT2D eigenvalue weighted by molar-refractivity contribution is 6.15. The Morgan fingerprint density at radius 1 is 0.212 bits per heavy atom. The number of ether oxygens (including phenoxy) is 11. The van der Waals surface area contributed by atoms with Gasteiger partial charge in [0.05, 0.1) is 104 Å². The summed E-state index contributed by atoms with van der Waals surface area (Å²) in [5, 5.41) is -1.26. The van der Waals surface area contributed by atoms with Crippen molar-refractivity contribution in [3.05, 3.63) is 117 Å². The lowest BCUT2D eigenvalue weighted by molar-refractivity contribution is -0.162. The van der Waals surface area contributed by atoms with E-state index in [0.29, 0.717) is 0 Å². The number of rotatable bonds is 0. The Bertz CT molecular complexity index is 4990. The Morgan fingerprint density at radius 3 is 0.740 bits per heavy atom. The van der Waals surface area contributed by atoms with E-state index in [1.807, 2.05) is 0 Å². The highest BCUT2D eigenvalue weighted by atomic mass is 16.7. The predicted molar refractivity (Wildman–Crippen MR) is 293 cm³/mol. The maximum atomic E-state index is 11.3. The normalized spacial score (nSPS) is 32.7. The van der Waals surface area contributed by atoms with Crippen LogP contribution >= 0.6 is 0 Å². The van der Waals surface area contributed by atoms with Gasteiger partial charge in [-0.1, -0.05) is 0 Å². The van der Waals surface area contributed by atoms with Gasteiger partial charge in [0.25, 0.3) is 0 Å². The fraction of sp³-hybridized carbons (Fsp3) is 0.377. The third kappa shape index (κ3) is 10.5. The zero-order valence-electron chi connectivity index (χ0n) is 50.6. The molecular weight excluding hydrogens is 1420 g/mol. The zero-order chi connectivity index (χ0) is 74.7. The molecule has 1 aromatic carbocycles. The molecule has 0 radical (unpaired) electrons. The molecule has 3 aromatic rings. The van der Waals surface area contributed by atoms with Crippen LogP contribution in [0.25, 0.3) is 21.5 Å². The second kappa shape index (κ2) is 24.2. The van der Waals surface area contributed by atoms with E-state index >= 15 is 0 Å². The Balaban J connectivity index is 0.000000103. The highest BCUT2D eigenvalue weighted by Crippen LogP contribution is 2.55. The molecule has 4 aliphatic carbocycles. The van der Waals surface area contributed by atoms with E-state index in [0.717, 1.165) is 12.1 Å². The van der Waals surface area contributed by atoms with Gasteiger partial charge in [0.1, 0.15) is 11.8 Å². The van der Waals surface area contributed by atoms with Crippen molar-refractivity contribution in [3.63, 3.8) is 0 Å². The average molecular weight is 1450 g/mol. The molecule has 43 nitrogen and oxygen atoms in total. The number of hydrogen-bond donors (Lipinski definition) is 0. The molecule has 13 aliphatic heterocycles. The minimum atomic E-state index is -1.13. The van der Waals surface area contributed by atoms with Gasteiger partial charge in [-0.05, 0) is 44.2 Å². The van der Waals surface area contributed by atoms with Crippen molar-refractivity contribution in [1.29, 1.82) is 0 Å². The molecule has 15 heterocycles. The number of cyclic esters (lactones) is 20. The van der Waals surface area contributed by atoms with Crippen LogP contribution in [0.5, 0.6) is 0 Å². The van der Waals surface area contributed by atoms with Gasteiger partial charge in [0, 0.05) is 11.1 Å². The Labute approximate surface area is 561 Å². The first-order chi connectivity index (χ1) is 49.1. The topological polar surface area (TPSA) is 632 Å². The van der Waals surface area contributed by atoms with Crippen LogP contribution in [0.2, 0.25) is 0 Å². The molecule has 13 fully saturated rings. The maximum Gasteiger partial charge on any atom is 0.354 e. The fourth-order valence-electron chi connectivity index (χ4n) is 14.8. The number of carbonyl (C=O) groups is 20. The summed E-state index contributed by atoms with van der Waals surface area (Å²) in [7, 11) is 0. The summed E-state index contributed by atoms with van der Waals surface area (Å²) in [5.74, 6) is -25.5. The van der Waals surface area contributed by atoms with Crippen LogP contribution < -0.4 is 45.0 Å². The van der Waals surface area contributed by atoms with E-state index in [-0.39, 0.29) is 64.8 Å².